The van der Waals surface area contributed by atoms with Crippen molar-refractivity contribution in [2.75, 3.05) is 5.32 Å². The number of benzene rings is 2. The average molecular weight is 281 g/mol. The van der Waals surface area contributed by atoms with Gasteiger partial charge < -0.3 is 5.32 Å². The smallest absolute Gasteiger partial charge is 0.256 e. The number of rotatable bonds is 1. The fraction of sp³-hybridized carbons (Fsp3) is 0. The molecule has 1 amide bonds. The molecule has 3 rings (SSSR count). The minimum absolute atomic E-state index is 0.147. The van der Waals surface area contributed by atoms with E-state index in [1.54, 1.807) is 48.5 Å². The van der Waals surface area contributed by atoms with Gasteiger partial charge in [0, 0.05) is 21.8 Å². The average Bonchev–Trinajstić information content (AvgIpc) is 2.76. The Kier molecular flexibility index (Phi) is 3.02. The van der Waals surface area contributed by atoms with Crippen LogP contribution < -0.4 is 5.32 Å². The van der Waals surface area contributed by atoms with Crippen LogP contribution in [0.5, 0.6) is 0 Å². The number of fused-ring (bicyclic) bond motifs is 1. The highest BCUT2D eigenvalue weighted by molar-refractivity contribution is 6.36. The van der Waals surface area contributed by atoms with E-state index in [1.165, 1.54) is 0 Å². The molecule has 1 heterocycles. The van der Waals surface area contributed by atoms with Crippen LogP contribution in [0.3, 0.4) is 0 Å². The molecule has 0 spiro atoms. The summed E-state index contributed by atoms with van der Waals surface area (Å²) in [6, 6.07) is 14.4. The van der Waals surface area contributed by atoms with Gasteiger partial charge in [0.1, 0.15) is 0 Å². The van der Waals surface area contributed by atoms with Gasteiger partial charge in [0.05, 0.1) is 11.6 Å². The lowest BCUT2D eigenvalue weighted by Gasteiger charge is -1.99. The van der Waals surface area contributed by atoms with Gasteiger partial charge in [-0.2, -0.15) is 5.26 Å². The van der Waals surface area contributed by atoms with E-state index in [4.69, 9.17) is 16.9 Å². The summed E-state index contributed by atoms with van der Waals surface area (Å²) in [7, 11) is 0. The van der Waals surface area contributed by atoms with E-state index >= 15 is 0 Å². The quantitative estimate of drug-likeness (QED) is 0.810. The fourth-order valence-corrected chi connectivity index (χ4v) is 2.30. The molecule has 0 fully saturated rings. The summed E-state index contributed by atoms with van der Waals surface area (Å²) < 4.78 is 0. The molecule has 1 aliphatic heterocycles. The van der Waals surface area contributed by atoms with Crippen LogP contribution >= 0.6 is 11.6 Å². The van der Waals surface area contributed by atoms with Crippen LogP contribution in [0.25, 0.3) is 11.6 Å². The van der Waals surface area contributed by atoms with Gasteiger partial charge in [-0.25, -0.2) is 0 Å². The van der Waals surface area contributed by atoms with Gasteiger partial charge in [0.25, 0.3) is 5.91 Å². The first kappa shape index (κ1) is 12.5. The van der Waals surface area contributed by atoms with Crippen LogP contribution in [0.15, 0.2) is 42.5 Å². The van der Waals surface area contributed by atoms with Crippen LogP contribution in [-0.4, -0.2) is 5.91 Å². The third kappa shape index (κ3) is 2.18. The molecule has 0 saturated carbocycles. The molecule has 0 aromatic heterocycles. The summed E-state index contributed by atoms with van der Waals surface area (Å²) in [4.78, 5) is 12.0. The molecule has 3 nitrogen and oxygen atoms in total. The zero-order valence-corrected chi connectivity index (χ0v) is 11.1. The van der Waals surface area contributed by atoms with E-state index in [-0.39, 0.29) is 5.91 Å². The third-order valence-electron chi connectivity index (χ3n) is 3.12. The molecule has 2 aromatic carbocycles. The molecule has 4 heteroatoms. The monoisotopic (exact) mass is 280 g/mol. The predicted octanol–water partition coefficient (Wildman–Crippen LogP) is 3.70. The standard InChI is InChI=1S/C16H9ClN2O/c17-12-5-6-15-13(8-12)14(16(20)19-15)7-10-1-3-11(9-18)4-2-10/h1-8H,(H,19,20)/b14-7+. The van der Waals surface area contributed by atoms with Gasteiger partial charge in [-0.05, 0) is 42.0 Å². The van der Waals surface area contributed by atoms with Crippen molar-refractivity contribution in [3.63, 3.8) is 0 Å². The number of halogens is 1. The number of hydrogen-bond donors (Lipinski definition) is 1. The molecule has 96 valence electrons. The molecule has 20 heavy (non-hydrogen) atoms. The van der Waals surface area contributed by atoms with Gasteiger partial charge >= 0.3 is 0 Å². The molecular weight excluding hydrogens is 272 g/mol. The van der Waals surface area contributed by atoms with E-state index in [9.17, 15) is 4.79 Å². The van der Waals surface area contributed by atoms with Gasteiger partial charge in [-0.1, -0.05) is 23.7 Å². The maximum Gasteiger partial charge on any atom is 0.256 e. The molecule has 1 N–H and O–H groups in total. The lowest BCUT2D eigenvalue weighted by molar-refractivity contribution is -0.110. The van der Waals surface area contributed by atoms with Crippen molar-refractivity contribution < 1.29 is 4.79 Å². The maximum absolute atomic E-state index is 12.0. The molecule has 0 radical (unpaired) electrons. The number of nitrogens with one attached hydrogen (secondary N) is 1. The van der Waals surface area contributed by atoms with E-state index < -0.39 is 0 Å². The lowest BCUT2D eigenvalue weighted by Crippen LogP contribution is -2.03. The molecule has 0 unspecified atom stereocenters. The number of carbonyl (C=O) groups excluding carboxylic acids is 1. The van der Waals surface area contributed by atoms with Crippen molar-refractivity contribution in [1.82, 2.24) is 0 Å². The molecule has 0 saturated heterocycles. The second-order valence-electron chi connectivity index (χ2n) is 4.44. The van der Waals surface area contributed by atoms with E-state index in [2.05, 4.69) is 11.4 Å². The first-order chi connectivity index (χ1) is 9.67. The number of nitriles is 1. The number of anilines is 1. The Hall–Kier alpha value is -2.57. The van der Waals surface area contributed by atoms with Crippen molar-refractivity contribution in [1.29, 1.82) is 5.26 Å². The van der Waals surface area contributed by atoms with Crippen molar-refractivity contribution in [2.45, 2.75) is 0 Å². The normalized spacial score (nSPS) is 14.8. The Morgan fingerprint density at radius 1 is 1.15 bits per heavy atom. The van der Waals surface area contributed by atoms with Crippen LogP contribution in [-0.2, 0) is 4.79 Å². The lowest BCUT2D eigenvalue weighted by atomic mass is 10.0. The molecule has 0 bridgehead atoms. The van der Waals surface area contributed by atoms with E-state index in [0.717, 1.165) is 16.8 Å². The minimum atomic E-state index is -0.147. The van der Waals surface area contributed by atoms with Crippen molar-refractivity contribution in [3.8, 4) is 6.07 Å². The van der Waals surface area contributed by atoms with Crippen molar-refractivity contribution in [3.05, 3.63) is 64.2 Å². The summed E-state index contributed by atoms with van der Waals surface area (Å²) in [5, 5.41) is 12.2. The highest BCUT2D eigenvalue weighted by Gasteiger charge is 2.23. The number of hydrogen-bond acceptors (Lipinski definition) is 2. The van der Waals surface area contributed by atoms with Crippen molar-refractivity contribution >= 4 is 34.8 Å². The fourth-order valence-electron chi connectivity index (χ4n) is 2.12. The van der Waals surface area contributed by atoms with Gasteiger partial charge in [-0.3, -0.25) is 4.79 Å². The van der Waals surface area contributed by atoms with E-state index in [0.29, 0.717) is 16.2 Å². The first-order valence-corrected chi connectivity index (χ1v) is 6.38. The Morgan fingerprint density at radius 2 is 1.90 bits per heavy atom. The zero-order valence-electron chi connectivity index (χ0n) is 10.4. The highest BCUT2D eigenvalue weighted by atomic mass is 35.5. The topological polar surface area (TPSA) is 52.9 Å². The summed E-state index contributed by atoms with van der Waals surface area (Å²) in [5.74, 6) is -0.147. The second-order valence-corrected chi connectivity index (χ2v) is 4.87. The number of amides is 1. The Balaban J connectivity index is 2.06. The predicted molar refractivity (Wildman–Crippen MR) is 79.1 cm³/mol. The maximum atomic E-state index is 12.0. The summed E-state index contributed by atoms with van der Waals surface area (Å²) in [5.41, 5.74) is 3.59. The van der Waals surface area contributed by atoms with Crippen molar-refractivity contribution in [2.24, 2.45) is 0 Å². The Bertz CT molecular complexity index is 770. The molecule has 2 aromatic rings. The first-order valence-electron chi connectivity index (χ1n) is 6.00. The second kappa shape index (κ2) is 4.84. The third-order valence-corrected chi connectivity index (χ3v) is 3.35. The molecule has 0 atom stereocenters. The van der Waals surface area contributed by atoms with Crippen LogP contribution in [0.2, 0.25) is 5.02 Å². The highest BCUT2D eigenvalue weighted by Crippen LogP contribution is 2.34. The van der Waals surface area contributed by atoms with Gasteiger partial charge in [0.2, 0.25) is 0 Å². The zero-order chi connectivity index (χ0) is 14.1. The van der Waals surface area contributed by atoms with Crippen LogP contribution in [0.1, 0.15) is 16.7 Å². The Morgan fingerprint density at radius 3 is 2.60 bits per heavy atom. The van der Waals surface area contributed by atoms with Gasteiger partial charge in [-0.15, -0.1) is 0 Å². The minimum Gasteiger partial charge on any atom is -0.321 e. The van der Waals surface area contributed by atoms with Crippen LogP contribution in [0, 0.1) is 11.3 Å². The number of nitrogens with zero attached hydrogens (tertiary/aromatic N) is 1. The SMILES string of the molecule is N#Cc1ccc(/C=C2/C(=O)Nc3ccc(Cl)cc32)cc1. The largest absolute Gasteiger partial charge is 0.321 e. The molecular formula is C16H9ClN2O. The summed E-state index contributed by atoms with van der Waals surface area (Å²) in [6.07, 6.45) is 1.79. The van der Waals surface area contributed by atoms with Gasteiger partial charge in [0.15, 0.2) is 0 Å². The summed E-state index contributed by atoms with van der Waals surface area (Å²) in [6.45, 7) is 0. The molecule has 0 aliphatic carbocycles. The molecule has 1 aliphatic rings. The number of carbonyl (C=O) groups is 1. The summed E-state index contributed by atoms with van der Waals surface area (Å²) >= 11 is 5.98. The van der Waals surface area contributed by atoms with E-state index in [1.807, 2.05) is 0 Å². The Labute approximate surface area is 121 Å². The van der Waals surface area contributed by atoms with Crippen LogP contribution in [0.4, 0.5) is 5.69 Å².